The van der Waals surface area contributed by atoms with Gasteiger partial charge in [-0.05, 0) is 31.2 Å². The maximum Gasteiger partial charge on any atom is 0.409 e. The van der Waals surface area contributed by atoms with Crippen molar-refractivity contribution in [3.8, 4) is 5.75 Å². The van der Waals surface area contributed by atoms with E-state index in [1.807, 2.05) is 0 Å². The van der Waals surface area contributed by atoms with E-state index in [0.29, 0.717) is 44.5 Å². The fraction of sp³-hybridized carbons (Fsp3) is 0.611. The highest BCUT2D eigenvalue weighted by molar-refractivity contribution is 6.30. The molecule has 0 spiro atoms. The third kappa shape index (κ3) is 7.37. The lowest BCUT2D eigenvalue weighted by atomic mass is 10.3. The number of nitrogens with zero attached hydrogens (tertiary/aromatic N) is 2. The quantitative estimate of drug-likeness (QED) is 0.653. The number of rotatable bonds is 9. The lowest BCUT2D eigenvalue weighted by molar-refractivity contribution is -0.0000926. The highest BCUT2D eigenvalue weighted by atomic mass is 35.5. The Hall–Kier alpha value is -1.54. The zero-order valence-electron chi connectivity index (χ0n) is 15.1. The summed E-state index contributed by atoms with van der Waals surface area (Å²) in [6.07, 6.45) is -0.837. The molecule has 1 aliphatic heterocycles. The van der Waals surface area contributed by atoms with Crippen molar-refractivity contribution in [1.82, 2.24) is 9.80 Å². The molecule has 26 heavy (non-hydrogen) atoms. The average molecular weight is 387 g/mol. The van der Waals surface area contributed by atoms with Crippen molar-refractivity contribution in [1.29, 1.82) is 0 Å². The number of aliphatic hydroxyl groups is 1. The Morgan fingerprint density at radius 2 is 1.88 bits per heavy atom. The standard InChI is InChI=1S/C18H27ClN2O5/c1-2-25-18(23)21-9-7-20(8-10-21)13-16(22)14-24-11-12-26-17-5-3-15(19)4-6-17/h3-6,16,22H,2,7-14H2,1H3/t16-/m1/s1. The molecule has 146 valence electrons. The van der Waals surface area contributed by atoms with Crippen LogP contribution in [0.15, 0.2) is 24.3 Å². The smallest absolute Gasteiger partial charge is 0.409 e. The molecule has 1 heterocycles. The molecule has 2 rings (SSSR count). The van der Waals surface area contributed by atoms with Crippen molar-refractivity contribution in [2.45, 2.75) is 13.0 Å². The molecule has 1 N–H and O–H groups in total. The van der Waals surface area contributed by atoms with Crippen molar-refractivity contribution >= 4 is 17.7 Å². The van der Waals surface area contributed by atoms with Crippen molar-refractivity contribution in [3.63, 3.8) is 0 Å². The first-order chi connectivity index (χ1) is 12.6. The topological polar surface area (TPSA) is 71.5 Å². The second-order valence-electron chi connectivity index (χ2n) is 6.02. The van der Waals surface area contributed by atoms with Gasteiger partial charge in [-0.1, -0.05) is 11.6 Å². The summed E-state index contributed by atoms with van der Waals surface area (Å²) in [6, 6.07) is 7.13. The summed E-state index contributed by atoms with van der Waals surface area (Å²) in [5, 5.41) is 10.7. The summed E-state index contributed by atoms with van der Waals surface area (Å²) in [7, 11) is 0. The summed E-state index contributed by atoms with van der Waals surface area (Å²) in [5.74, 6) is 0.734. The van der Waals surface area contributed by atoms with Gasteiger partial charge in [0.25, 0.3) is 0 Å². The molecule has 7 nitrogen and oxygen atoms in total. The normalized spacial score (nSPS) is 16.3. The van der Waals surface area contributed by atoms with E-state index in [2.05, 4.69) is 4.90 Å². The first-order valence-corrected chi connectivity index (χ1v) is 9.24. The van der Waals surface area contributed by atoms with E-state index in [0.717, 1.165) is 18.8 Å². The van der Waals surface area contributed by atoms with Gasteiger partial charge in [-0.3, -0.25) is 4.90 Å². The highest BCUT2D eigenvalue weighted by Crippen LogP contribution is 2.15. The lowest BCUT2D eigenvalue weighted by Gasteiger charge is -2.34. The van der Waals surface area contributed by atoms with Crippen LogP contribution in [0.4, 0.5) is 4.79 Å². The van der Waals surface area contributed by atoms with Crippen molar-refractivity contribution in [3.05, 3.63) is 29.3 Å². The minimum atomic E-state index is -0.570. The molecule has 1 atom stereocenters. The van der Waals surface area contributed by atoms with E-state index in [-0.39, 0.29) is 12.7 Å². The van der Waals surface area contributed by atoms with Gasteiger partial charge < -0.3 is 24.2 Å². The summed E-state index contributed by atoms with van der Waals surface area (Å²) < 4.78 is 16.0. The summed E-state index contributed by atoms with van der Waals surface area (Å²) in [6.45, 7) is 6.43. The molecule has 1 amide bonds. The molecule has 0 aliphatic carbocycles. The Kier molecular flexibility index (Phi) is 8.97. The SMILES string of the molecule is CCOC(=O)N1CCN(C[C@@H](O)COCCOc2ccc(Cl)cc2)CC1. The molecule has 1 aromatic carbocycles. The fourth-order valence-electron chi connectivity index (χ4n) is 2.65. The molecular weight excluding hydrogens is 360 g/mol. The minimum Gasteiger partial charge on any atom is -0.491 e. The number of β-amino-alcohol motifs (C(OH)–C–C–N with tert-alkyl or cyclic N) is 1. The molecule has 1 fully saturated rings. The molecule has 0 aromatic heterocycles. The van der Waals surface area contributed by atoms with Crippen LogP contribution in [0, 0.1) is 0 Å². The Labute approximate surface area is 159 Å². The molecule has 0 saturated carbocycles. The number of hydrogen-bond acceptors (Lipinski definition) is 6. The molecule has 8 heteroatoms. The Bertz CT molecular complexity index is 535. The van der Waals surface area contributed by atoms with Gasteiger partial charge in [0.05, 0.1) is 25.9 Å². The number of benzene rings is 1. The number of ether oxygens (including phenoxy) is 3. The second-order valence-corrected chi connectivity index (χ2v) is 6.45. The van der Waals surface area contributed by atoms with Gasteiger partial charge >= 0.3 is 6.09 Å². The molecule has 1 saturated heterocycles. The maximum absolute atomic E-state index is 11.6. The van der Waals surface area contributed by atoms with Crippen LogP contribution < -0.4 is 4.74 Å². The highest BCUT2D eigenvalue weighted by Gasteiger charge is 2.23. The average Bonchev–Trinajstić information content (AvgIpc) is 2.64. The molecule has 0 unspecified atom stereocenters. The summed E-state index contributed by atoms with van der Waals surface area (Å²) in [4.78, 5) is 15.5. The van der Waals surface area contributed by atoms with Crippen LogP contribution in [0.3, 0.4) is 0 Å². The Morgan fingerprint density at radius 1 is 1.19 bits per heavy atom. The van der Waals surface area contributed by atoms with E-state index in [4.69, 9.17) is 25.8 Å². The van der Waals surface area contributed by atoms with Crippen molar-refractivity contribution < 1.29 is 24.1 Å². The Morgan fingerprint density at radius 3 is 2.54 bits per heavy atom. The third-order valence-corrected chi connectivity index (χ3v) is 4.24. The number of piperazine rings is 1. The van der Waals surface area contributed by atoms with Crippen LogP contribution in [0.1, 0.15) is 6.92 Å². The first-order valence-electron chi connectivity index (χ1n) is 8.86. The molecular formula is C18H27ClN2O5. The zero-order valence-corrected chi connectivity index (χ0v) is 15.9. The van der Waals surface area contributed by atoms with E-state index in [9.17, 15) is 9.90 Å². The number of carbonyl (C=O) groups is 1. The predicted molar refractivity (Wildman–Crippen MR) is 98.8 cm³/mol. The maximum atomic E-state index is 11.6. The van der Waals surface area contributed by atoms with Crippen LogP contribution in [-0.4, -0.2) is 86.3 Å². The van der Waals surface area contributed by atoms with Crippen LogP contribution in [0.25, 0.3) is 0 Å². The minimum absolute atomic E-state index is 0.252. The van der Waals surface area contributed by atoms with Gasteiger partial charge in [0.2, 0.25) is 0 Å². The van der Waals surface area contributed by atoms with Gasteiger partial charge in [0, 0.05) is 37.7 Å². The molecule has 1 aromatic rings. The van der Waals surface area contributed by atoms with Crippen molar-refractivity contribution in [2.75, 3.05) is 59.2 Å². The summed E-state index contributed by atoms with van der Waals surface area (Å²) in [5.41, 5.74) is 0. The van der Waals surface area contributed by atoms with Gasteiger partial charge in [0.1, 0.15) is 12.4 Å². The molecule has 0 radical (unpaired) electrons. The van der Waals surface area contributed by atoms with Crippen LogP contribution in [-0.2, 0) is 9.47 Å². The van der Waals surface area contributed by atoms with E-state index < -0.39 is 6.10 Å². The van der Waals surface area contributed by atoms with Gasteiger partial charge in [-0.25, -0.2) is 4.79 Å². The van der Waals surface area contributed by atoms with Gasteiger partial charge in [-0.2, -0.15) is 0 Å². The Balaban J connectivity index is 1.53. The number of aliphatic hydroxyl groups excluding tert-OH is 1. The predicted octanol–water partition coefficient (Wildman–Crippen LogP) is 1.87. The molecule has 1 aliphatic rings. The fourth-order valence-corrected chi connectivity index (χ4v) is 2.77. The van der Waals surface area contributed by atoms with Crippen LogP contribution in [0.2, 0.25) is 5.02 Å². The lowest BCUT2D eigenvalue weighted by Crippen LogP contribution is -2.51. The number of carbonyl (C=O) groups excluding carboxylic acids is 1. The number of halogens is 1. The third-order valence-electron chi connectivity index (χ3n) is 3.99. The molecule has 0 bridgehead atoms. The first kappa shape index (κ1) is 20.8. The van der Waals surface area contributed by atoms with Gasteiger partial charge in [-0.15, -0.1) is 0 Å². The van der Waals surface area contributed by atoms with E-state index in [1.165, 1.54) is 0 Å². The van der Waals surface area contributed by atoms with Crippen LogP contribution >= 0.6 is 11.6 Å². The largest absolute Gasteiger partial charge is 0.491 e. The van der Waals surface area contributed by atoms with E-state index >= 15 is 0 Å². The zero-order chi connectivity index (χ0) is 18.8. The van der Waals surface area contributed by atoms with Crippen LogP contribution in [0.5, 0.6) is 5.75 Å². The monoisotopic (exact) mass is 386 g/mol. The van der Waals surface area contributed by atoms with Crippen molar-refractivity contribution in [2.24, 2.45) is 0 Å². The van der Waals surface area contributed by atoms with E-state index in [1.54, 1.807) is 36.1 Å². The van der Waals surface area contributed by atoms with Gasteiger partial charge in [0.15, 0.2) is 0 Å². The second kappa shape index (κ2) is 11.2. The number of hydrogen-bond donors (Lipinski definition) is 1. The summed E-state index contributed by atoms with van der Waals surface area (Å²) >= 11 is 5.81. The number of amides is 1.